The fourth-order valence-electron chi connectivity index (χ4n) is 12.6. The molecule has 7 fully saturated rings. The minimum absolute atomic E-state index is 0.0186. The maximum absolute atomic E-state index is 11.4. The molecule has 0 radical (unpaired) electrons. The Kier molecular flexibility index (Phi) is 27.4. The van der Waals surface area contributed by atoms with Crippen molar-refractivity contribution in [2.24, 2.45) is 29.1 Å². The number of likely N-dealkylation sites (N-methyl/N-ethyl adjacent to an activating group) is 1. The van der Waals surface area contributed by atoms with E-state index < -0.39 is 0 Å². The molecule has 2 saturated carbocycles. The Morgan fingerprint density at radius 3 is 2.20 bits per heavy atom. The number of benzene rings is 1. The summed E-state index contributed by atoms with van der Waals surface area (Å²) in [6.45, 7) is 30.9. The summed E-state index contributed by atoms with van der Waals surface area (Å²) >= 11 is 0. The summed E-state index contributed by atoms with van der Waals surface area (Å²) in [5.74, 6) is 2.97. The minimum atomic E-state index is -0.361. The van der Waals surface area contributed by atoms with Crippen LogP contribution in [0, 0.1) is 29.1 Å². The van der Waals surface area contributed by atoms with Crippen LogP contribution in [-0.2, 0) is 46.4 Å². The van der Waals surface area contributed by atoms with E-state index >= 15 is 0 Å². The van der Waals surface area contributed by atoms with Gasteiger partial charge in [0.15, 0.2) is 0 Å². The van der Waals surface area contributed by atoms with Crippen molar-refractivity contribution in [2.45, 2.75) is 150 Å². The van der Waals surface area contributed by atoms with E-state index in [0.29, 0.717) is 50.4 Å². The van der Waals surface area contributed by atoms with Crippen LogP contribution in [0.1, 0.15) is 118 Å². The predicted octanol–water partition coefficient (Wildman–Crippen LogP) is 6.63. The lowest BCUT2D eigenvalue weighted by atomic mass is 9.78. The number of hydrazine groups is 1. The maximum Gasteiger partial charge on any atom is 0.293 e. The molecule has 7 aliphatic rings. The molecule has 1 aromatic carbocycles. The molecule has 2 bridgehead atoms. The van der Waals surface area contributed by atoms with E-state index in [-0.39, 0.29) is 36.8 Å². The van der Waals surface area contributed by atoms with Gasteiger partial charge in [0, 0.05) is 126 Å². The highest BCUT2D eigenvalue weighted by molar-refractivity contribution is 5.95. The number of pyridine rings is 1. The van der Waals surface area contributed by atoms with Crippen LogP contribution in [0.15, 0.2) is 30.5 Å². The number of amides is 1. The average Bonchev–Trinajstić information content (AvgIpc) is 2.45. The number of carbonyl (C=O) groups excluding carboxylic acids is 4. The fourth-order valence-corrected chi connectivity index (χ4v) is 12.6. The number of hydrogen-bond donors (Lipinski definition) is 3. The zero-order chi connectivity index (χ0) is 61.1. The Hall–Kier alpha value is -4.57. The molecule has 10 rings (SSSR count). The molecule has 472 valence electrons. The van der Waals surface area contributed by atoms with Crippen molar-refractivity contribution in [1.82, 2.24) is 44.9 Å². The van der Waals surface area contributed by atoms with Crippen molar-refractivity contribution in [3.05, 3.63) is 41.7 Å². The number of aldehydes is 2. The zero-order valence-electron chi connectivity index (χ0n) is 53.8. The van der Waals surface area contributed by atoms with Crippen LogP contribution >= 0.6 is 0 Å². The van der Waals surface area contributed by atoms with Crippen molar-refractivity contribution in [2.75, 3.05) is 144 Å². The van der Waals surface area contributed by atoms with Crippen LogP contribution in [-0.4, -0.2) is 229 Å². The first kappa shape index (κ1) is 68.5. The summed E-state index contributed by atoms with van der Waals surface area (Å²) in [6, 6.07) is 10.6. The van der Waals surface area contributed by atoms with Crippen molar-refractivity contribution in [3.8, 4) is 11.3 Å². The number of piperazine rings is 1. The lowest BCUT2D eigenvalue weighted by Gasteiger charge is -2.47. The summed E-state index contributed by atoms with van der Waals surface area (Å²) < 4.78 is 19.1. The van der Waals surface area contributed by atoms with Gasteiger partial charge in [-0.3, -0.25) is 29.8 Å². The molecule has 19 heteroatoms. The number of likely N-dealkylation sites (tertiary alicyclic amines) is 1. The van der Waals surface area contributed by atoms with Crippen LogP contribution in [0.5, 0.6) is 0 Å². The number of aryl methyl sites for hydroxylation is 1. The smallest absolute Gasteiger partial charge is 0.293 e. The number of aromatic nitrogens is 2. The predicted molar refractivity (Wildman–Crippen MR) is 337 cm³/mol. The SMILES string of the molecule is CC(C1CC1)N(C)C=O.CCN(C)CC1CCN(C(C=O)C(C)C)C1.CCn1c(-c2cc(N3CCN(C4COC4)CC3)cnc2C(C)OC)c(CC(C)(C)COC=O)c2cc(N(CCO)CCCC(C=O)NC)ccc21.CN1NCC2CC1C2. The van der Waals surface area contributed by atoms with Crippen LogP contribution in [0.25, 0.3) is 22.2 Å². The molecule has 0 spiro atoms. The highest BCUT2D eigenvalue weighted by Crippen LogP contribution is 2.43. The third-order valence-electron chi connectivity index (χ3n) is 18.8. The third kappa shape index (κ3) is 18.7. The molecule has 3 aromatic rings. The van der Waals surface area contributed by atoms with E-state index in [9.17, 15) is 24.3 Å². The molecular weight excluding hydrogens is 1060 g/mol. The Morgan fingerprint density at radius 1 is 0.952 bits per heavy atom. The Bertz CT molecular complexity index is 2470. The highest BCUT2D eigenvalue weighted by atomic mass is 16.5. The number of aliphatic hydroxyl groups is 1. The number of aliphatic hydroxyl groups excluding tert-OH is 1. The van der Waals surface area contributed by atoms with Crippen LogP contribution in [0.2, 0.25) is 0 Å². The average molecular weight is 1170 g/mol. The summed E-state index contributed by atoms with van der Waals surface area (Å²) in [5.41, 5.74) is 10.3. The molecule has 2 aliphatic carbocycles. The molecule has 5 aliphatic heterocycles. The number of methoxy groups -OCH3 is 1. The van der Waals surface area contributed by atoms with Gasteiger partial charge >= 0.3 is 0 Å². The van der Waals surface area contributed by atoms with E-state index in [1.54, 1.807) is 19.1 Å². The van der Waals surface area contributed by atoms with Gasteiger partial charge in [-0.1, -0.05) is 34.6 Å². The van der Waals surface area contributed by atoms with E-state index in [1.165, 1.54) is 38.6 Å². The Balaban J connectivity index is 0.000000272. The van der Waals surface area contributed by atoms with Gasteiger partial charge < -0.3 is 58.4 Å². The number of carbonyl (C=O) groups is 4. The van der Waals surface area contributed by atoms with Crippen molar-refractivity contribution < 1.29 is 38.5 Å². The number of fused-ring (bicyclic) bond motifs is 3. The molecular formula is C65H109N11O8. The van der Waals surface area contributed by atoms with Gasteiger partial charge in [0.05, 0.1) is 73.9 Å². The van der Waals surface area contributed by atoms with Crippen LogP contribution < -0.4 is 20.5 Å². The second kappa shape index (κ2) is 33.5. The number of rotatable bonds is 29. The molecule has 2 aromatic heterocycles. The van der Waals surface area contributed by atoms with Crippen molar-refractivity contribution in [3.63, 3.8) is 0 Å². The fraction of sp³-hybridized carbons (Fsp3) is 0.738. The Morgan fingerprint density at radius 2 is 1.68 bits per heavy atom. The van der Waals surface area contributed by atoms with Crippen molar-refractivity contribution >= 4 is 47.7 Å². The van der Waals surface area contributed by atoms with Gasteiger partial charge in [0.2, 0.25) is 6.41 Å². The lowest BCUT2D eigenvalue weighted by molar-refractivity contribution is -0.131. The normalized spacial score (nSPS) is 21.6. The molecule has 5 atom stereocenters. The minimum Gasteiger partial charge on any atom is -0.467 e. The first-order valence-electron chi connectivity index (χ1n) is 31.7. The zero-order valence-corrected chi connectivity index (χ0v) is 53.8. The molecule has 5 unspecified atom stereocenters. The number of nitrogens with zero attached hydrogens (tertiary/aromatic N) is 9. The van der Waals surface area contributed by atoms with Crippen LogP contribution in [0.4, 0.5) is 11.4 Å². The molecule has 84 heavy (non-hydrogen) atoms. The molecule has 7 heterocycles. The first-order chi connectivity index (χ1) is 40.4. The Labute approximate surface area is 504 Å². The van der Waals surface area contributed by atoms with Gasteiger partial charge in [-0.2, -0.15) is 0 Å². The molecule has 1 amide bonds. The third-order valence-corrected chi connectivity index (χ3v) is 18.8. The monoisotopic (exact) mass is 1170 g/mol. The standard InChI is InChI=1S/C39H58N6O6.C13H26N2O.C7H13NO.C6H12N2/c1-7-45-36-11-10-30(42(17-18-46)12-8-9-29(23-47)40-5)19-33(36)35(21-39(3,4)26-51-27-48)38(45)34-20-31(22-41-37(34)28(2)49-6)43-13-15-44(16-14-43)32-24-50-25-32;1-5-14(4)8-12-6-7-15(9-12)13(10-16)11(2)3;1-6(7-3-4-7)8(2)5-9;1-8-6-2-5(3-6)4-7-8/h10-11,19-20,22-23,27-29,32,40,46H,7-9,12-18,21,24-26H2,1-6H3;10-13H,5-9H2,1-4H3;5-7H,3-4H2,1-2H3;5-7H,2-4H2,1H3. The van der Waals surface area contributed by atoms with Gasteiger partial charge in [0.1, 0.15) is 12.6 Å². The first-order valence-corrected chi connectivity index (χ1v) is 31.7. The van der Waals surface area contributed by atoms with Gasteiger partial charge in [-0.05, 0) is 153 Å². The molecule has 19 nitrogen and oxygen atoms in total. The van der Waals surface area contributed by atoms with E-state index in [2.05, 4.69) is 132 Å². The largest absolute Gasteiger partial charge is 0.467 e. The van der Waals surface area contributed by atoms with E-state index in [4.69, 9.17) is 19.2 Å². The topological polar surface area (TPSA) is 181 Å². The highest BCUT2D eigenvalue weighted by Gasteiger charge is 2.37. The summed E-state index contributed by atoms with van der Waals surface area (Å²) in [6.07, 6.45) is 13.6. The molecule has 5 saturated heterocycles. The second-order valence-electron chi connectivity index (χ2n) is 25.8. The van der Waals surface area contributed by atoms with Crippen LogP contribution in [0.3, 0.4) is 0 Å². The lowest BCUT2D eigenvalue weighted by Crippen LogP contribution is -2.58. The van der Waals surface area contributed by atoms with Crippen molar-refractivity contribution in [1.29, 1.82) is 0 Å². The maximum atomic E-state index is 11.4. The van der Waals surface area contributed by atoms with E-state index in [0.717, 1.165) is 166 Å². The summed E-state index contributed by atoms with van der Waals surface area (Å²) in [7, 11) is 9.67. The van der Waals surface area contributed by atoms with E-state index in [1.807, 2.05) is 20.2 Å². The van der Waals surface area contributed by atoms with Gasteiger partial charge in [-0.15, -0.1) is 0 Å². The number of anilines is 2. The second-order valence-corrected chi connectivity index (χ2v) is 25.8. The molecule has 3 N–H and O–H groups in total. The number of hydrogen-bond acceptors (Lipinski definition) is 17. The quantitative estimate of drug-likeness (QED) is 0.0630. The number of nitrogens with one attached hydrogen (secondary N) is 2. The van der Waals surface area contributed by atoms with Gasteiger partial charge in [0.25, 0.3) is 6.47 Å². The van der Waals surface area contributed by atoms with Gasteiger partial charge in [-0.25, -0.2) is 5.01 Å². The number of ether oxygens (including phenoxy) is 3. The summed E-state index contributed by atoms with van der Waals surface area (Å²) in [5, 5.41) is 16.5. The summed E-state index contributed by atoms with van der Waals surface area (Å²) in [4.78, 5) is 62.7.